The van der Waals surface area contributed by atoms with E-state index in [-0.39, 0.29) is 18.4 Å². The van der Waals surface area contributed by atoms with E-state index in [1.165, 1.54) is 0 Å². The van der Waals surface area contributed by atoms with Crippen LogP contribution in [-0.2, 0) is 9.59 Å². The van der Waals surface area contributed by atoms with Crippen molar-refractivity contribution in [1.29, 1.82) is 5.26 Å². The number of carbonyl (C=O) groups excluding carboxylic acids is 2. The average Bonchev–Trinajstić information content (AvgIpc) is 2.37. The van der Waals surface area contributed by atoms with E-state index in [1.54, 1.807) is 17.0 Å². The van der Waals surface area contributed by atoms with Gasteiger partial charge in [0.05, 0.1) is 17.8 Å². The SMILES string of the molecule is CCC1C(=O)NC(=O)CN1c1c(C)cccc1C#N. The molecule has 1 unspecified atom stereocenters. The van der Waals surface area contributed by atoms with Crippen LogP contribution in [0.1, 0.15) is 24.5 Å². The van der Waals surface area contributed by atoms with Gasteiger partial charge in [0.1, 0.15) is 12.1 Å². The van der Waals surface area contributed by atoms with Crippen molar-refractivity contribution in [3.05, 3.63) is 29.3 Å². The molecule has 1 saturated heterocycles. The first-order valence-corrected chi connectivity index (χ1v) is 6.18. The number of aryl methyl sites for hydroxylation is 1. The van der Waals surface area contributed by atoms with Crippen LogP contribution in [0.15, 0.2) is 18.2 Å². The van der Waals surface area contributed by atoms with Crippen LogP contribution in [0.3, 0.4) is 0 Å². The first-order valence-electron chi connectivity index (χ1n) is 6.18. The Labute approximate surface area is 111 Å². The standard InChI is InChI=1S/C14H15N3O2/c1-3-11-14(19)16-12(18)8-17(11)13-9(2)5-4-6-10(13)7-15/h4-6,11H,3,8H2,1-2H3,(H,16,18,19). The molecule has 0 radical (unpaired) electrons. The summed E-state index contributed by atoms with van der Waals surface area (Å²) >= 11 is 0. The van der Waals surface area contributed by atoms with Gasteiger partial charge in [-0.15, -0.1) is 0 Å². The predicted octanol–water partition coefficient (Wildman–Crippen LogP) is 1.11. The molecule has 0 bridgehead atoms. The van der Waals surface area contributed by atoms with Crippen LogP contribution in [0.5, 0.6) is 0 Å². The Balaban J connectivity index is 2.52. The fraction of sp³-hybridized carbons (Fsp3) is 0.357. The average molecular weight is 257 g/mol. The second-order valence-corrected chi connectivity index (χ2v) is 4.55. The minimum absolute atomic E-state index is 0.101. The van der Waals surface area contributed by atoms with Crippen molar-refractivity contribution in [1.82, 2.24) is 5.32 Å². The summed E-state index contributed by atoms with van der Waals surface area (Å²) in [6.07, 6.45) is 0.582. The third-order valence-corrected chi connectivity index (χ3v) is 3.29. The first kappa shape index (κ1) is 13.1. The molecule has 1 aliphatic rings. The number of nitrogens with one attached hydrogen (secondary N) is 1. The van der Waals surface area contributed by atoms with Gasteiger partial charge in [-0.2, -0.15) is 5.26 Å². The largest absolute Gasteiger partial charge is 0.349 e. The molecule has 1 aromatic rings. The van der Waals surface area contributed by atoms with Gasteiger partial charge in [-0.05, 0) is 25.0 Å². The lowest BCUT2D eigenvalue weighted by Crippen LogP contribution is -2.58. The van der Waals surface area contributed by atoms with E-state index in [0.717, 1.165) is 5.56 Å². The smallest absolute Gasteiger partial charge is 0.249 e. The maximum atomic E-state index is 11.9. The summed E-state index contributed by atoms with van der Waals surface area (Å²) in [7, 11) is 0. The van der Waals surface area contributed by atoms with Gasteiger partial charge in [-0.25, -0.2) is 0 Å². The summed E-state index contributed by atoms with van der Waals surface area (Å²) in [4.78, 5) is 25.2. The Morgan fingerprint density at radius 3 is 2.84 bits per heavy atom. The molecular weight excluding hydrogens is 242 g/mol. The zero-order valence-electron chi connectivity index (χ0n) is 10.9. The monoisotopic (exact) mass is 257 g/mol. The zero-order chi connectivity index (χ0) is 14.0. The quantitative estimate of drug-likeness (QED) is 0.805. The van der Waals surface area contributed by atoms with Crippen molar-refractivity contribution in [2.45, 2.75) is 26.3 Å². The van der Waals surface area contributed by atoms with Gasteiger partial charge < -0.3 is 4.90 Å². The Kier molecular flexibility index (Phi) is 3.52. The minimum Gasteiger partial charge on any atom is -0.349 e. The zero-order valence-corrected chi connectivity index (χ0v) is 10.9. The summed E-state index contributed by atoms with van der Waals surface area (Å²) in [5.74, 6) is -0.632. The number of hydrogen-bond donors (Lipinski definition) is 1. The lowest BCUT2D eigenvalue weighted by Gasteiger charge is -2.36. The summed E-state index contributed by atoms with van der Waals surface area (Å²) < 4.78 is 0. The van der Waals surface area contributed by atoms with E-state index < -0.39 is 6.04 Å². The summed E-state index contributed by atoms with van der Waals surface area (Å²) in [6, 6.07) is 7.08. The van der Waals surface area contributed by atoms with Crippen LogP contribution < -0.4 is 10.2 Å². The summed E-state index contributed by atoms with van der Waals surface area (Å²) in [6.45, 7) is 3.86. The molecule has 1 heterocycles. The fourth-order valence-electron chi connectivity index (χ4n) is 2.44. The molecule has 1 N–H and O–H groups in total. The fourth-order valence-corrected chi connectivity index (χ4v) is 2.44. The van der Waals surface area contributed by atoms with Crippen molar-refractivity contribution in [2.24, 2.45) is 0 Å². The summed E-state index contributed by atoms with van der Waals surface area (Å²) in [5, 5.41) is 11.5. The van der Waals surface area contributed by atoms with Gasteiger partial charge in [0.15, 0.2) is 0 Å². The van der Waals surface area contributed by atoms with Crippen molar-refractivity contribution >= 4 is 17.5 Å². The highest BCUT2D eigenvalue weighted by Crippen LogP contribution is 2.28. The predicted molar refractivity (Wildman–Crippen MR) is 70.5 cm³/mol. The number of nitrogens with zero attached hydrogens (tertiary/aromatic N) is 2. The molecular formula is C14H15N3O2. The third-order valence-electron chi connectivity index (χ3n) is 3.29. The number of benzene rings is 1. The lowest BCUT2D eigenvalue weighted by atomic mass is 10.0. The van der Waals surface area contributed by atoms with Gasteiger partial charge in [0.25, 0.3) is 0 Å². The van der Waals surface area contributed by atoms with Gasteiger partial charge >= 0.3 is 0 Å². The number of rotatable bonds is 2. The molecule has 1 atom stereocenters. The van der Waals surface area contributed by atoms with Crippen molar-refractivity contribution in [2.75, 3.05) is 11.4 Å². The molecule has 98 valence electrons. The van der Waals surface area contributed by atoms with Crippen LogP contribution in [0, 0.1) is 18.3 Å². The number of amides is 2. The number of hydrogen-bond acceptors (Lipinski definition) is 4. The van der Waals surface area contributed by atoms with Gasteiger partial charge in [-0.1, -0.05) is 19.1 Å². The van der Waals surface area contributed by atoms with Crippen LogP contribution in [0.2, 0.25) is 0 Å². The minimum atomic E-state index is -0.411. The number of nitriles is 1. The Bertz CT molecular complexity index is 575. The van der Waals surface area contributed by atoms with E-state index in [4.69, 9.17) is 0 Å². The van der Waals surface area contributed by atoms with Gasteiger partial charge in [0.2, 0.25) is 11.8 Å². The van der Waals surface area contributed by atoms with E-state index in [0.29, 0.717) is 17.7 Å². The Hall–Kier alpha value is -2.35. The van der Waals surface area contributed by atoms with Gasteiger partial charge in [-0.3, -0.25) is 14.9 Å². The van der Waals surface area contributed by atoms with Gasteiger partial charge in [0, 0.05) is 0 Å². The Morgan fingerprint density at radius 2 is 2.21 bits per heavy atom. The van der Waals surface area contributed by atoms with E-state index in [2.05, 4.69) is 11.4 Å². The third kappa shape index (κ3) is 2.29. The Morgan fingerprint density at radius 1 is 1.47 bits per heavy atom. The molecule has 5 nitrogen and oxygen atoms in total. The molecule has 0 aromatic heterocycles. The van der Waals surface area contributed by atoms with E-state index >= 15 is 0 Å². The highest BCUT2D eigenvalue weighted by atomic mass is 16.2. The van der Waals surface area contributed by atoms with Crippen LogP contribution in [-0.4, -0.2) is 24.4 Å². The molecule has 2 rings (SSSR count). The molecule has 0 aliphatic carbocycles. The second kappa shape index (κ2) is 5.11. The number of para-hydroxylation sites is 1. The number of carbonyl (C=O) groups is 2. The first-order chi connectivity index (χ1) is 9.08. The van der Waals surface area contributed by atoms with Crippen molar-refractivity contribution in [3.8, 4) is 6.07 Å². The van der Waals surface area contributed by atoms with E-state index in [9.17, 15) is 14.9 Å². The number of anilines is 1. The normalized spacial score (nSPS) is 19.0. The number of imide groups is 1. The maximum absolute atomic E-state index is 11.9. The molecule has 1 aliphatic heterocycles. The highest BCUT2D eigenvalue weighted by molar-refractivity contribution is 6.05. The topological polar surface area (TPSA) is 73.2 Å². The van der Waals surface area contributed by atoms with Crippen LogP contribution >= 0.6 is 0 Å². The maximum Gasteiger partial charge on any atom is 0.249 e. The molecule has 5 heteroatoms. The molecule has 2 amide bonds. The molecule has 0 saturated carbocycles. The molecule has 0 spiro atoms. The molecule has 19 heavy (non-hydrogen) atoms. The van der Waals surface area contributed by atoms with Crippen LogP contribution in [0.4, 0.5) is 5.69 Å². The molecule has 1 aromatic carbocycles. The number of piperazine rings is 1. The second-order valence-electron chi connectivity index (χ2n) is 4.55. The van der Waals surface area contributed by atoms with Crippen LogP contribution in [0.25, 0.3) is 0 Å². The summed E-state index contributed by atoms with van der Waals surface area (Å²) in [5.41, 5.74) is 2.06. The molecule has 1 fully saturated rings. The van der Waals surface area contributed by atoms with Crippen molar-refractivity contribution < 1.29 is 9.59 Å². The van der Waals surface area contributed by atoms with Crippen molar-refractivity contribution in [3.63, 3.8) is 0 Å². The lowest BCUT2D eigenvalue weighted by molar-refractivity contribution is -0.132. The van der Waals surface area contributed by atoms with E-state index in [1.807, 2.05) is 19.9 Å². The highest BCUT2D eigenvalue weighted by Gasteiger charge is 2.34.